The molecule has 1 heterocycles. The summed E-state index contributed by atoms with van der Waals surface area (Å²) in [5.74, 6) is -0.187. The molecule has 7 unspecified atom stereocenters. The van der Waals surface area contributed by atoms with Crippen molar-refractivity contribution in [3.05, 3.63) is 109 Å². The lowest BCUT2D eigenvalue weighted by molar-refractivity contribution is -0.302. The summed E-state index contributed by atoms with van der Waals surface area (Å²) in [4.78, 5) is 13.1. The lowest BCUT2D eigenvalue weighted by Crippen LogP contribution is -2.60. The maximum atomic E-state index is 13.1. The van der Waals surface area contributed by atoms with E-state index in [0.717, 1.165) is 83.5 Å². The smallest absolute Gasteiger partial charge is 0.220 e. The molecule has 6 N–H and O–H groups in total. The van der Waals surface area contributed by atoms with Crippen molar-refractivity contribution in [1.82, 2.24) is 5.32 Å². The van der Waals surface area contributed by atoms with Gasteiger partial charge < -0.3 is 40.3 Å². The lowest BCUT2D eigenvalue weighted by Gasteiger charge is -2.40. The Labute approximate surface area is 491 Å². The van der Waals surface area contributed by atoms with E-state index in [-0.39, 0.29) is 12.5 Å². The van der Waals surface area contributed by atoms with Crippen molar-refractivity contribution in [2.24, 2.45) is 0 Å². The fraction of sp³-hybridized carbons (Fsp3) is 0.732. The second-order valence-electron chi connectivity index (χ2n) is 22.5. The summed E-state index contributed by atoms with van der Waals surface area (Å²) >= 11 is 0. The van der Waals surface area contributed by atoms with Crippen LogP contribution < -0.4 is 5.32 Å². The molecule has 0 aromatic rings. The molecule has 0 spiro atoms. The Bertz CT molecular complexity index is 1630. The van der Waals surface area contributed by atoms with Crippen LogP contribution in [0, 0.1) is 0 Å². The van der Waals surface area contributed by atoms with Crippen LogP contribution in [-0.2, 0) is 14.3 Å². The van der Waals surface area contributed by atoms with Crippen LogP contribution in [0.25, 0.3) is 0 Å². The van der Waals surface area contributed by atoms with Crippen LogP contribution >= 0.6 is 0 Å². The molecule has 9 heteroatoms. The molecule has 1 fully saturated rings. The fourth-order valence-corrected chi connectivity index (χ4v) is 9.92. The Kier molecular flexibility index (Phi) is 55.2. The molecule has 0 aromatic heterocycles. The van der Waals surface area contributed by atoms with E-state index in [1.54, 1.807) is 6.08 Å². The molecule has 80 heavy (non-hydrogen) atoms. The summed E-state index contributed by atoms with van der Waals surface area (Å²) in [6, 6.07) is -0.825. The molecule has 9 nitrogen and oxygen atoms in total. The SMILES string of the molecule is CC/C=C\C/C=C\C/C=C\C/C=C\C/C=C\C/C=C\C/C=C\CCCCCCCCCCCCCCCCCCCCCC(=O)NC(COC1OC(CO)C(O)C(O)C1O)C(O)/C=C/CC/C=C/CCCCCCCCCCCC. The van der Waals surface area contributed by atoms with Crippen molar-refractivity contribution in [3.63, 3.8) is 0 Å². The van der Waals surface area contributed by atoms with Gasteiger partial charge in [0.15, 0.2) is 6.29 Å². The molecule has 7 atom stereocenters. The van der Waals surface area contributed by atoms with Gasteiger partial charge in [-0.3, -0.25) is 4.79 Å². The first-order valence-electron chi connectivity index (χ1n) is 33.1. The van der Waals surface area contributed by atoms with Crippen molar-refractivity contribution in [3.8, 4) is 0 Å². The summed E-state index contributed by atoms with van der Waals surface area (Å²) in [6.07, 6.45) is 80.5. The molecule has 1 rings (SSSR count). The van der Waals surface area contributed by atoms with Crippen LogP contribution in [0.3, 0.4) is 0 Å². The molecule has 0 aromatic carbocycles. The first-order valence-corrected chi connectivity index (χ1v) is 33.1. The first-order chi connectivity index (χ1) is 39.3. The standard InChI is InChI=1S/C71H123NO8/c1-3-5-7-9-11-13-15-17-19-21-22-23-24-25-26-27-28-29-30-31-32-33-34-35-36-37-38-39-40-41-42-43-44-45-47-49-51-53-55-57-59-61-67(75)72-64(63-79-71-70(78)69(77)68(76)66(62-73)80-71)65(74)60-58-56-54-52-50-48-46-20-18-16-14-12-10-8-6-4-2/h5,7,11,13,17,19,22-23,25-26,28-29,31-32,50,52,58,60,64-66,68-71,73-74,76-78H,3-4,6,8-10,12,14-16,18,20-21,24,27,30,33-49,51,53-57,59,61-63H2,1-2H3,(H,72,75)/b7-5-,13-11-,19-17-,23-22-,26-25-,29-28-,32-31-,52-50+,60-58+. The Hall–Kier alpha value is -3.15. The molecule has 1 saturated heterocycles. The van der Waals surface area contributed by atoms with E-state index in [9.17, 15) is 30.3 Å². The van der Waals surface area contributed by atoms with Gasteiger partial charge in [0.2, 0.25) is 5.91 Å². The minimum Gasteiger partial charge on any atom is -0.394 e. The average Bonchev–Trinajstić information content (AvgIpc) is 3.46. The van der Waals surface area contributed by atoms with Gasteiger partial charge in [0, 0.05) is 6.42 Å². The van der Waals surface area contributed by atoms with E-state index in [2.05, 4.69) is 116 Å². The van der Waals surface area contributed by atoms with Crippen LogP contribution in [0.5, 0.6) is 0 Å². The molecule has 1 aliphatic rings. The molecule has 0 aliphatic carbocycles. The number of nitrogens with one attached hydrogen (secondary N) is 1. The van der Waals surface area contributed by atoms with Gasteiger partial charge in [0.25, 0.3) is 0 Å². The van der Waals surface area contributed by atoms with Crippen molar-refractivity contribution in [2.45, 2.75) is 320 Å². The summed E-state index contributed by atoms with van der Waals surface area (Å²) in [6.45, 7) is 3.65. The first kappa shape index (κ1) is 74.9. The van der Waals surface area contributed by atoms with Crippen molar-refractivity contribution < 1.29 is 39.8 Å². The number of rotatable bonds is 56. The van der Waals surface area contributed by atoms with Gasteiger partial charge in [-0.25, -0.2) is 0 Å². The molecule has 1 aliphatic heterocycles. The number of amides is 1. The van der Waals surface area contributed by atoms with Gasteiger partial charge in [0.05, 0.1) is 25.4 Å². The summed E-state index contributed by atoms with van der Waals surface area (Å²) in [5.41, 5.74) is 0. The number of aliphatic hydroxyl groups excluding tert-OH is 5. The maximum absolute atomic E-state index is 13.1. The molecular weight excluding hydrogens is 995 g/mol. The van der Waals surface area contributed by atoms with Gasteiger partial charge in [-0.2, -0.15) is 0 Å². The molecule has 0 bridgehead atoms. The number of unbranched alkanes of at least 4 members (excludes halogenated alkanes) is 30. The second kappa shape index (κ2) is 59.0. The van der Waals surface area contributed by atoms with Gasteiger partial charge in [-0.1, -0.05) is 290 Å². The van der Waals surface area contributed by atoms with E-state index in [1.165, 1.54) is 173 Å². The molecule has 0 saturated carbocycles. The third-order valence-electron chi connectivity index (χ3n) is 15.1. The quantitative estimate of drug-likeness (QED) is 0.0261. The number of carbonyl (C=O) groups is 1. The monoisotopic (exact) mass is 1120 g/mol. The predicted molar refractivity (Wildman–Crippen MR) is 341 cm³/mol. The highest BCUT2D eigenvalue weighted by atomic mass is 16.7. The largest absolute Gasteiger partial charge is 0.394 e. The lowest BCUT2D eigenvalue weighted by atomic mass is 9.99. The second-order valence-corrected chi connectivity index (χ2v) is 22.5. The van der Waals surface area contributed by atoms with Gasteiger partial charge in [-0.15, -0.1) is 0 Å². The zero-order valence-electron chi connectivity index (χ0n) is 51.3. The predicted octanol–water partition coefficient (Wildman–Crippen LogP) is 17.7. The van der Waals surface area contributed by atoms with Gasteiger partial charge >= 0.3 is 0 Å². The van der Waals surface area contributed by atoms with E-state index in [4.69, 9.17) is 9.47 Å². The highest BCUT2D eigenvalue weighted by molar-refractivity contribution is 5.76. The summed E-state index contributed by atoms with van der Waals surface area (Å²) < 4.78 is 11.3. The van der Waals surface area contributed by atoms with Crippen molar-refractivity contribution in [1.29, 1.82) is 0 Å². The Morgan fingerprint density at radius 1 is 0.438 bits per heavy atom. The van der Waals surface area contributed by atoms with E-state index >= 15 is 0 Å². The Morgan fingerprint density at radius 3 is 1.20 bits per heavy atom. The highest BCUT2D eigenvalue weighted by Crippen LogP contribution is 2.23. The third-order valence-corrected chi connectivity index (χ3v) is 15.1. The minimum atomic E-state index is -1.58. The zero-order valence-corrected chi connectivity index (χ0v) is 51.3. The Balaban J connectivity index is 2.08. The van der Waals surface area contributed by atoms with Crippen LogP contribution in [0.15, 0.2) is 109 Å². The fourth-order valence-electron chi connectivity index (χ4n) is 9.92. The van der Waals surface area contributed by atoms with Gasteiger partial charge in [-0.05, 0) is 89.9 Å². The Morgan fingerprint density at radius 2 is 0.787 bits per heavy atom. The topological polar surface area (TPSA) is 149 Å². The van der Waals surface area contributed by atoms with Crippen molar-refractivity contribution in [2.75, 3.05) is 13.2 Å². The minimum absolute atomic E-state index is 0.187. The number of carbonyl (C=O) groups excluding carboxylic acids is 1. The summed E-state index contributed by atoms with van der Waals surface area (Å²) in [7, 11) is 0. The number of ether oxygens (including phenoxy) is 2. The molecule has 1 amide bonds. The summed E-state index contributed by atoms with van der Waals surface area (Å²) in [5, 5.41) is 54.5. The van der Waals surface area contributed by atoms with E-state index in [1.807, 2.05) is 6.08 Å². The molecule has 0 radical (unpaired) electrons. The molecular formula is C71H123NO8. The molecule has 460 valence electrons. The number of hydrogen-bond donors (Lipinski definition) is 6. The van der Waals surface area contributed by atoms with E-state index < -0.39 is 49.5 Å². The number of aliphatic hydroxyl groups is 5. The van der Waals surface area contributed by atoms with Crippen LogP contribution in [0.4, 0.5) is 0 Å². The zero-order chi connectivity index (χ0) is 57.9. The van der Waals surface area contributed by atoms with Gasteiger partial charge in [0.1, 0.15) is 24.4 Å². The number of hydrogen-bond acceptors (Lipinski definition) is 8. The number of allylic oxidation sites excluding steroid dienone is 17. The van der Waals surface area contributed by atoms with Crippen molar-refractivity contribution >= 4 is 5.91 Å². The maximum Gasteiger partial charge on any atom is 0.220 e. The van der Waals surface area contributed by atoms with Crippen LogP contribution in [0.1, 0.15) is 277 Å². The van der Waals surface area contributed by atoms with E-state index in [0.29, 0.717) is 6.42 Å². The highest BCUT2D eigenvalue weighted by Gasteiger charge is 2.44. The van der Waals surface area contributed by atoms with Crippen LogP contribution in [-0.4, -0.2) is 87.5 Å². The normalized spacial score (nSPS) is 19.2. The van der Waals surface area contributed by atoms with Crippen LogP contribution in [0.2, 0.25) is 0 Å². The third kappa shape index (κ3) is 47.4. The average molecular weight is 1120 g/mol.